The molecule has 2 aromatic heterocycles. The van der Waals surface area contributed by atoms with E-state index in [4.69, 9.17) is 0 Å². The molecule has 6 heterocycles. The molecular formula is C53H64N8O4S. The summed E-state index contributed by atoms with van der Waals surface area (Å²) in [5.74, 6) is 7.63. The lowest BCUT2D eigenvalue weighted by molar-refractivity contribution is -0.135. The van der Waals surface area contributed by atoms with Crippen LogP contribution >= 0.6 is 11.3 Å². The van der Waals surface area contributed by atoms with Gasteiger partial charge >= 0.3 is 5.69 Å². The van der Waals surface area contributed by atoms with Gasteiger partial charge in [-0.2, -0.15) is 0 Å². The van der Waals surface area contributed by atoms with Crippen LogP contribution in [-0.4, -0.2) is 83.6 Å². The molecule has 4 fully saturated rings. The van der Waals surface area contributed by atoms with E-state index in [1.807, 2.05) is 31.2 Å². The summed E-state index contributed by atoms with van der Waals surface area (Å²) in [7, 11) is 1.76. The van der Waals surface area contributed by atoms with Gasteiger partial charge in [0.1, 0.15) is 6.04 Å². The van der Waals surface area contributed by atoms with E-state index < -0.39 is 11.9 Å². The first-order valence-corrected chi connectivity index (χ1v) is 25.1. The second kappa shape index (κ2) is 20.5. The molecule has 0 bridgehead atoms. The van der Waals surface area contributed by atoms with E-state index >= 15 is 0 Å². The summed E-state index contributed by atoms with van der Waals surface area (Å²) in [4.78, 5) is 57.3. The van der Waals surface area contributed by atoms with E-state index in [1.54, 1.807) is 27.5 Å². The maximum absolute atomic E-state index is 13.5. The van der Waals surface area contributed by atoms with Crippen LogP contribution in [0.15, 0.2) is 76.9 Å². The van der Waals surface area contributed by atoms with E-state index in [0.29, 0.717) is 23.9 Å². The molecule has 4 aliphatic heterocycles. The Balaban J connectivity index is 0.707. The fourth-order valence-electron chi connectivity index (χ4n) is 10.2. The van der Waals surface area contributed by atoms with Gasteiger partial charge in [-0.15, -0.1) is 11.3 Å². The topological polar surface area (TPSA) is 133 Å². The first-order chi connectivity index (χ1) is 32.1. The summed E-state index contributed by atoms with van der Waals surface area (Å²) >= 11 is 1.72. The highest BCUT2D eigenvalue weighted by molar-refractivity contribution is 7.13. The van der Waals surface area contributed by atoms with Crippen LogP contribution in [0, 0.1) is 30.6 Å². The number of fused-ring (bicyclic) bond motifs is 1. The van der Waals surface area contributed by atoms with Crippen molar-refractivity contribution in [2.45, 2.75) is 96.2 Å². The lowest BCUT2D eigenvalue weighted by Crippen LogP contribution is -2.51. The zero-order chi connectivity index (χ0) is 45.7. The Morgan fingerprint density at radius 1 is 0.894 bits per heavy atom. The summed E-state index contributed by atoms with van der Waals surface area (Å²) in [6.45, 7) is 11.3. The number of anilines is 2. The van der Waals surface area contributed by atoms with Crippen molar-refractivity contribution >= 4 is 51.5 Å². The van der Waals surface area contributed by atoms with Crippen LogP contribution in [0.4, 0.5) is 11.4 Å². The van der Waals surface area contributed by atoms with Crippen molar-refractivity contribution in [1.29, 1.82) is 0 Å². The quantitative estimate of drug-likeness (QED) is 0.0505. The number of likely N-dealkylation sites (tertiary alicyclic amines) is 1. The van der Waals surface area contributed by atoms with Crippen molar-refractivity contribution in [3.8, 4) is 22.3 Å². The lowest BCUT2D eigenvalue weighted by atomic mass is 9.91. The molecule has 12 nitrogen and oxygen atoms in total. The molecule has 4 N–H and O–H groups in total. The molecule has 3 amide bonds. The third kappa shape index (κ3) is 10.3. The second-order valence-electron chi connectivity index (χ2n) is 19.0. The van der Waals surface area contributed by atoms with Crippen LogP contribution < -0.4 is 31.9 Å². The van der Waals surface area contributed by atoms with Crippen molar-refractivity contribution in [2.24, 2.45) is 18.9 Å². The number of imidazole rings is 1. The van der Waals surface area contributed by atoms with Gasteiger partial charge in [-0.25, -0.2) is 4.79 Å². The largest absolute Gasteiger partial charge is 0.380 e. The van der Waals surface area contributed by atoms with Gasteiger partial charge in [0.15, 0.2) is 0 Å². The summed E-state index contributed by atoms with van der Waals surface area (Å²) in [6.07, 6.45) is 10.2. The SMILES string of the molecule is Cc1ccc(NC2CNC2)cc1C(=O)N[C@H](C)c1ccc(C#CC2CCN(CCCCCC3CCN(c4ccc5c(c4)n(C)c(=O)n5C4CCC(=O)NC4=O)CC3)CC2)c(-c2cccs2)c1. The van der Waals surface area contributed by atoms with E-state index in [-0.39, 0.29) is 30.0 Å². The molecule has 1 unspecified atom stereocenters. The molecule has 346 valence electrons. The Hall–Kier alpha value is -5.68. The van der Waals surface area contributed by atoms with Gasteiger partial charge in [-0.05, 0) is 143 Å². The number of carbonyl (C=O) groups is 3. The molecule has 0 aliphatic carbocycles. The average Bonchev–Trinajstić information content (AvgIpc) is 3.94. The molecule has 3 aromatic carbocycles. The monoisotopic (exact) mass is 908 g/mol. The smallest absolute Gasteiger partial charge is 0.329 e. The van der Waals surface area contributed by atoms with Gasteiger partial charge < -0.3 is 25.8 Å². The van der Waals surface area contributed by atoms with Crippen LogP contribution in [-0.2, 0) is 16.6 Å². The average molecular weight is 909 g/mol. The number of nitrogens with one attached hydrogen (secondary N) is 4. The van der Waals surface area contributed by atoms with Gasteiger partial charge in [0, 0.05) is 78.5 Å². The highest BCUT2D eigenvalue weighted by atomic mass is 32.1. The maximum atomic E-state index is 13.5. The predicted octanol–water partition coefficient (Wildman–Crippen LogP) is 7.77. The normalized spacial score (nSPS) is 19.3. The number of aryl methyl sites for hydroxylation is 2. The molecule has 2 atom stereocenters. The molecule has 13 heteroatoms. The van der Waals surface area contributed by atoms with Crippen molar-refractivity contribution in [3.05, 3.63) is 105 Å². The molecule has 5 aromatic rings. The number of thiophene rings is 1. The zero-order valence-corrected chi connectivity index (χ0v) is 39.5. The van der Waals surface area contributed by atoms with Crippen LogP contribution in [0.25, 0.3) is 21.5 Å². The third-order valence-electron chi connectivity index (χ3n) is 14.5. The lowest BCUT2D eigenvalue weighted by Gasteiger charge is -2.34. The summed E-state index contributed by atoms with van der Waals surface area (Å²) in [5, 5.41) is 14.6. The predicted molar refractivity (Wildman–Crippen MR) is 265 cm³/mol. The number of hydrogen-bond donors (Lipinski definition) is 4. The number of benzene rings is 3. The molecule has 4 aliphatic rings. The third-order valence-corrected chi connectivity index (χ3v) is 15.4. The summed E-state index contributed by atoms with van der Waals surface area (Å²) < 4.78 is 3.17. The molecule has 0 radical (unpaired) electrons. The van der Waals surface area contributed by atoms with Gasteiger partial charge in [-0.1, -0.05) is 49.3 Å². The van der Waals surface area contributed by atoms with Crippen LogP contribution in [0.2, 0.25) is 0 Å². The number of imide groups is 1. The minimum absolute atomic E-state index is 0.0660. The number of piperidine rings is 3. The standard InChI is InChI=1S/C53H64N8O4S/c1-35-10-15-41(56-42-33-54-34-42)31-44(35)51(63)55-36(2)40-14-13-39(45(30-40)49-9-7-29-66-49)12-11-38-20-25-59(26-21-38)24-6-4-5-8-37-22-27-60(28-23-37)43-16-17-46-48(32-43)58(3)53(65)61(46)47-18-19-50(62)57-52(47)64/h7,9-10,13-17,29-32,36-38,42,47,54,56H,4-6,8,18-28,33-34H2,1-3H3,(H,55,63)(H,57,62,64)/t36-,47?/m1/s1. The first kappa shape index (κ1) is 45.5. The minimum Gasteiger partial charge on any atom is -0.380 e. The number of hydrogen-bond acceptors (Lipinski definition) is 9. The Bertz CT molecular complexity index is 2670. The molecule has 9 rings (SSSR count). The Kier molecular flexibility index (Phi) is 14.1. The Labute approximate surface area is 392 Å². The maximum Gasteiger partial charge on any atom is 0.329 e. The van der Waals surface area contributed by atoms with Gasteiger partial charge in [0.2, 0.25) is 11.8 Å². The number of carbonyl (C=O) groups excluding carboxylic acids is 3. The number of rotatable bonds is 14. The van der Waals surface area contributed by atoms with E-state index in [0.717, 1.165) is 109 Å². The van der Waals surface area contributed by atoms with Crippen LogP contribution in [0.1, 0.15) is 110 Å². The Morgan fingerprint density at radius 3 is 2.45 bits per heavy atom. The number of nitrogens with zero attached hydrogens (tertiary/aromatic N) is 4. The van der Waals surface area contributed by atoms with Crippen molar-refractivity contribution in [1.82, 2.24) is 30.0 Å². The van der Waals surface area contributed by atoms with Gasteiger partial charge in [0.25, 0.3) is 5.91 Å². The summed E-state index contributed by atoms with van der Waals surface area (Å²) in [6, 6.07) is 22.4. The molecule has 66 heavy (non-hydrogen) atoms. The van der Waals surface area contributed by atoms with E-state index in [1.165, 1.54) is 43.4 Å². The highest BCUT2D eigenvalue weighted by Gasteiger charge is 2.32. The van der Waals surface area contributed by atoms with E-state index in [9.17, 15) is 19.2 Å². The van der Waals surface area contributed by atoms with Crippen molar-refractivity contribution in [2.75, 3.05) is 56.0 Å². The fourth-order valence-corrected chi connectivity index (χ4v) is 11.0. The van der Waals surface area contributed by atoms with Gasteiger partial charge in [-0.3, -0.25) is 28.8 Å². The first-order valence-electron chi connectivity index (χ1n) is 24.2. The Morgan fingerprint density at radius 2 is 1.71 bits per heavy atom. The van der Waals surface area contributed by atoms with Gasteiger partial charge in [0.05, 0.1) is 23.1 Å². The second-order valence-corrected chi connectivity index (χ2v) is 20.0. The fraction of sp³-hybridized carbons (Fsp3) is 0.472. The number of amides is 3. The molecular weight excluding hydrogens is 845 g/mol. The van der Waals surface area contributed by atoms with Crippen LogP contribution in [0.3, 0.4) is 0 Å². The molecule has 0 spiro atoms. The molecule has 0 saturated carbocycles. The minimum atomic E-state index is -0.669. The molecule has 4 saturated heterocycles. The van der Waals surface area contributed by atoms with Crippen LogP contribution in [0.5, 0.6) is 0 Å². The highest BCUT2D eigenvalue weighted by Crippen LogP contribution is 2.33. The number of unbranched alkanes of at least 4 members (excludes halogenated alkanes) is 2. The number of aromatic nitrogens is 2. The van der Waals surface area contributed by atoms with E-state index in [2.05, 4.69) is 97.7 Å². The van der Waals surface area contributed by atoms with Crippen molar-refractivity contribution in [3.63, 3.8) is 0 Å². The summed E-state index contributed by atoms with van der Waals surface area (Å²) in [5.41, 5.74) is 8.29. The zero-order valence-electron chi connectivity index (χ0n) is 38.7. The van der Waals surface area contributed by atoms with Crippen molar-refractivity contribution < 1.29 is 14.4 Å².